The van der Waals surface area contributed by atoms with Gasteiger partial charge in [-0.05, 0) is 42.0 Å². The molecule has 1 aliphatic heterocycles. The number of hydrogen-bond acceptors (Lipinski definition) is 6. The van der Waals surface area contributed by atoms with Crippen LogP contribution in [0.15, 0.2) is 41.0 Å². The summed E-state index contributed by atoms with van der Waals surface area (Å²) in [6.07, 6.45) is 1.55. The number of cyclic esters (lactones) is 1. The summed E-state index contributed by atoms with van der Waals surface area (Å²) in [5, 5.41) is 0.829. The Kier molecular flexibility index (Phi) is 5.58. The lowest BCUT2D eigenvalue weighted by Crippen LogP contribution is -2.06. The number of hydrogen-bond donors (Lipinski definition) is 0. The zero-order valence-corrected chi connectivity index (χ0v) is 16.2. The second-order valence-electron chi connectivity index (χ2n) is 5.42. The summed E-state index contributed by atoms with van der Waals surface area (Å²) in [5.74, 6) is 0.848. The maximum Gasteiger partial charge on any atom is 0.363 e. The molecule has 0 spiro atoms. The molecule has 0 amide bonds. The van der Waals surface area contributed by atoms with E-state index in [1.807, 2.05) is 0 Å². The highest BCUT2D eigenvalue weighted by molar-refractivity contribution is 6.36. The van der Waals surface area contributed by atoms with Crippen LogP contribution in [0.3, 0.4) is 0 Å². The highest BCUT2D eigenvalue weighted by Crippen LogP contribution is 2.39. The van der Waals surface area contributed by atoms with E-state index >= 15 is 0 Å². The second-order valence-corrected chi connectivity index (χ2v) is 6.26. The molecule has 2 aromatic carbocycles. The fourth-order valence-electron chi connectivity index (χ4n) is 2.53. The largest absolute Gasteiger partial charge is 0.493 e. The standard InChI is InChI=1S/C19H15Cl2NO5/c1-24-15-7-10(8-16(25-2)17(15)26-3)6-14-19(23)27-18(22-14)12-9-11(20)4-5-13(12)21/h4-9H,1-3H3/b14-6+. The van der Waals surface area contributed by atoms with Crippen molar-refractivity contribution in [2.24, 2.45) is 4.99 Å². The van der Waals surface area contributed by atoms with Crippen LogP contribution in [0.5, 0.6) is 17.2 Å². The van der Waals surface area contributed by atoms with Crippen LogP contribution in [0.1, 0.15) is 11.1 Å². The molecule has 8 heteroatoms. The third-order valence-corrected chi connectivity index (χ3v) is 4.33. The first-order valence-corrected chi connectivity index (χ1v) is 8.50. The van der Waals surface area contributed by atoms with Crippen molar-refractivity contribution in [2.75, 3.05) is 21.3 Å². The summed E-state index contributed by atoms with van der Waals surface area (Å²) >= 11 is 12.1. The van der Waals surface area contributed by atoms with Gasteiger partial charge in [0.1, 0.15) is 0 Å². The van der Waals surface area contributed by atoms with Crippen LogP contribution in [0.25, 0.3) is 6.08 Å². The van der Waals surface area contributed by atoms with E-state index in [-0.39, 0.29) is 11.6 Å². The molecule has 0 aliphatic carbocycles. The van der Waals surface area contributed by atoms with Crippen LogP contribution in [0.2, 0.25) is 10.0 Å². The van der Waals surface area contributed by atoms with E-state index in [1.165, 1.54) is 21.3 Å². The van der Waals surface area contributed by atoms with Crippen LogP contribution in [0.4, 0.5) is 0 Å². The molecular formula is C19H15Cl2NO5. The molecule has 0 radical (unpaired) electrons. The van der Waals surface area contributed by atoms with Gasteiger partial charge < -0.3 is 18.9 Å². The number of methoxy groups -OCH3 is 3. The minimum atomic E-state index is -0.602. The zero-order valence-electron chi connectivity index (χ0n) is 14.7. The molecule has 0 N–H and O–H groups in total. The van der Waals surface area contributed by atoms with E-state index in [1.54, 1.807) is 36.4 Å². The van der Waals surface area contributed by atoms with Gasteiger partial charge in [0.15, 0.2) is 17.2 Å². The molecular weight excluding hydrogens is 393 g/mol. The lowest BCUT2D eigenvalue weighted by molar-refractivity contribution is -0.129. The summed E-state index contributed by atoms with van der Waals surface area (Å²) in [4.78, 5) is 16.5. The van der Waals surface area contributed by atoms with Crippen LogP contribution in [-0.4, -0.2) is 33.2 Å². The Morgan fingerprint density at radius 2 is 1.67 bits per heavy atom. The Morgan fingerprint density at radius 3 is 2.26 bits per heavy atom. The van der Waals surface area contributed by atoms with Gasteiger partial charge >= 0.3 is 5.97 Å². The molecule has 3 rings (SSSR count). The summed E-state index contributed by atoms with van der Waals surface area (Å²) in [5.41, 5.74) is 1.17. The molecule has 27 heavy (non-hydrogen) atoms. The Hall–Kier alpha value is -2.70. The van der Waals surface area contributed by atoms with Gasteiger partial charge in [0.25, 0.3) is 0 Å². The van der Waals surface area contributed by atoms with Gasteiger partial charge in [-0.25, -0.2) is 9.79 Å². The van der Waals surface area contributed by atoms with Crippen molar-refractivity contribution in [2.45, 2.75) is 0 Å². The molecule has 0 aromatic heterocycles. The van der Waals surface area contributed by atoms with Crippen LogP contribution < -0.4 is 14.2 Å². The van der Waals surface area contributed by atoms with Crippen molar-refractivity contribution >= 4 is 41.1 Å². The third-order valence-electron chi connectivity index (χ3n) is 3.77. The van der Waals surface area contributed by atoms with E-state index in [2.05, 4.69) is 4.99 Å². The van der Waals surface area contributed by atoms with Crippen molar-refractivity contribution in [3.63, 3.8) is 0 Å². The quantitative estimate of drug-likeness (QED) is 0.543. The summed E-state index contributed by atoms with van der Waals surface area (Å²) in [7, 11) is 4.53. The summed E-state index contributed by atoms with van der Waals surface area (Å²) < 4.78 is 21.1. The number of aliphatic imine (C=N–C) groups is 1. The molecule has 1 heterocycles. The average molecular weight is 408 g/mol. The first-order chi connectivity index (χ1) is 13.0. The number of rotatable bonds is 5. The molecule has 1 aliphatic rings. The summed E-state index contributed by atoms with van der Waals surface area (Å²) in [6, 6.07) is 8.22. The molecule has 0 unspecified atom stereocenters. The SMILES string of the molecule is COc1cc(/C=C2/N=C(c3cc(Cl)ccc3Cl)OC2=O)cc(OC)c1OC. The van der Waals surface area contributed by atoms with Crippen molar-refractivity contribution in [1.29, 1.82) is 0 Å². The van der Waals surface area contributed by atoms with Gasteiger partial charge in [-0.3, -0.25) is 0 Å². The Bertz CT molecular complexity index is 944. The number of esters is 1. The molecule has 0 fully saturated rings. The highest BCUT2D eigenvalue weighted by Gasteiger charge is 2.26. The predicted molar refractivity (Wildman–Crippen MR) is 103 cm³/mol. The van der Waals surface area contributed by atoms with Crippen LogP contribution in [0, 0.1) is 0 Å². The van der Waals surface area contributed by atoms with Crippen molar-refractivity contribution in [3.05, 3.63) is 57.2 Å². The molecule has 140 valence electrons. The fraction of sp³-hybridized carbons (Fsp3) is 0.158. The highest BCUT2D eigenvalue weighted by atomic mass is 35.5. The topological polar surface area (TPSA) is 66.4 Å². The van der Waals surface area contributed by atoms with Gasteiger partial charge in [0, 0.05) is 5.02 Å². The van der Waals surface area contributed by atoms with Gasteiger partial charge in [-0.15, -0.1) is 0 Å². The predicted octanol–water partition coefficient (Wildman–Crippen LogP) is 4.36. The van der Waals surface area contributed by atoms with Gasteiger partial charge in [0.05, 0.1) is 31.9 Å². The Balaban J connectivity index is 2.03. The van der Waals surface area contributed by atoms with Crippen molar-refractivity contribution in [3.8, 4) is 17.2 Å². The number of carbonyl (C=O) groups excluding carboxylic acids is 1. The van der Waals surface area contributed by atoms with E-state index in [4.69, 9.17) is 42.1 Å². The first-order valence-electron chi connectivity index (χ1n) is 7.74. The zero-order chi connectivity index (χ0) is 19.6. The fourth-order valence-corrected chi connectivity index (χ4v) is 2.90. The lowest BCUT2D eigenvalue weighted by Gasteiger charge is -2.12. The summed E-state index contributed by atoms with van der Waals surface area (Å²) in [6.45, 7) is 0. The smallest absolute Gasteiger partial charge is 0.363 e. The number of benzene rings is 2. The minimum absolute atomic E-state index is 0.0891. The van der Waals surface area contributed by atoms with Gasteiger partial charge in [0.2, 0.25) is 11.6 Å². The Morgan fingerprint density at radius 1 is 1.00 bits per heavy atom. The van der Waals surface area contributed by atoms with E-state index < -0.39 is 5.97 Å². The molecule has 0 bridgehead atoms. The minimum Gasteiger partial charge on any atom is -0.493 e. The third kappa shape index (κ3) is 3.86. The maximum absolute atomic E-state index is 12.2. The molecule has 6 nitrogen and oxygen atoms in total. The van der Waals surface area contributed by atoms with Gasteiger partial charge in [-0.2, -0.15) is 0 Å². The van der Waals surface area contributed by atoms with E-state index in [0.29, 0.717) is 38.4 Å². The van der Waals surface area contributed by atoms with E-state index in [0.717, 1.165) is 0 Å². The van der Waals surface area contributed by atoms with Crippen molar-refractivity contribution in [1.82, 2.24) is 0 Å². The number of nitrogens with zero attached hydrogens (tertiary/aromatic N) is 1. The molecule has 0 saturated carbocycles. The Labute approximate surface area is 165 Å². The lowest BCUT2D eigenvalue weighted by atomic mass is 10.1. The number of halogens is 2. The number of carbonyl (C=O) groups is 1. The monoisotopic (exact) mass is 407 g/mol. The second kappa shape index (κ2) is 7.90. The molecule has 2 aromatic rings. The van der Waals surface area contributed by atoms with Gasteiger partial charge in [-0.1, -0.05) is 23.2 Å². The molecule has 0 atom stereocenters. The van der Waals surface area contributed by atoms with Crippen LogP contribution in [-0.2, 0) is 9.53 Å². The normalized spacial score (nSPS) is 14.8. The molecule has 0 saturated heterocycles. The van der Waals surface area contributed by atoms with Crippen molar-refractivity contribution < 1.29 is 23.7 Å². The first kappa shape index (κ1) is 19.1. The average Bonchev–Trinajstić information content (AvgIpc) is 3.02. The van der Waals surface area contributed by atoms with E-state index in [9.17, 15) is 4.79 Å². The van der Waals surface area contributed by atoms with Crippen LogP contribution >= 0.6 is 23.2 Å². The maximum atomic E-state index is 12.2. The number of ether oxygens (including phenoxy) is 4.